The van der Waals surface area contributed by atoms with Crippen LogP contribution in [-0.4, -0.2) is 13.2 Å². The van der Waals surface area contributed by atoms with Gasteiger partial charge in [0.05, 0.1) is 13.2 Å². The summed E-state index contributed by atoms with van der Waals surface area (Å²) in [4.78, 5) is 4.50. The summed E-state index contributed by atoms with van der Waals surface area (Å²) < 4.78 is 5.73. The molecule has 0 amide bonds. The second-order valence-electron chi connectivity index (χ2n) is 4.82. The lowest BCUT2D eigenvalue weighted by Crippen LogP contribution is -2.14. The van der Waals surface area contributed by atoms with Crippen molar-refractivity contribution in [2.24, 2.45) is 5.90 Å². The molecular weight excluding hydrogens is 202 g/mol. The summed E-state index contributed by atoms with van der Waals surface area (Å²) in [7, 11) is 0. The average molecular weight is 223 g/mol. The van der Waals surface area contributed by atoms with Crippen LogP contribution in [-0.2, 0) is 10.3 Å². The van der Waals surface area contributed by atoms with Gasteiger partial charge in [-0.25, -0.2) is 5.90 Å². The van der Waals surface area contributed by atoms with Gasteiger partial charge in [0.2, 0.25) is 0 Å². The Labute approximate surface area is 97.5 Å². The van der Waals surface area contributed by atoms with Crippen LogP contribution in [0.25, 0.3) is 0 Å². The highest BCUT2D eigenvalue weighted by Gasteiger charge is 2.17. The minimum absolute atomic E-state index is 0.0982. The van der Waals surface area contributed by atoms with E-state index in [4.69, 9.17) is 10.6 Å². The summed E-state index contributed by atoms with van der Waals surface area (Å²) in [6, 6.07) is 8.14. The van der Waals surface area contributed by atoms with Crippen molar-refractivity contribution in [1.82, 2.24) is 0 Å². The Balaban J connectivity index is 2.65. The number of hydrogen-bond acceptors (Lipinski definition) is 3. The lowest BCUT2D eigenvalue weighted by Gasteiger charge is -2.22. The highest BCUT2D eigenvalue weighted by molar-refractivity contribution is 5.38. The first-order valence-corrected chi connectivity index (χ1v) is 5.59. The van der Waals surface area contributed by atoms with Gasteiger partial charge in [-0.1, -0.05) is 39.0 Å². The fourth-order valence-electron chi connectivity index (χ4n) is 1.54. The summed E-state index contributed by atoms with van der Waals surface area (Å²) in [6.07, 6.45) is 0.801. The van der Waals surface area contributed by atoms with Gasteiger partial charge >= 0.3 is 0 Å². The minimum Gasteiger partial charge on any atom is -0.493 e. The molecule has 0 heterocycles. The summed E-state index contributed by atoms with van der Waals surface area (Å²) in [5.74, 6) is 5.90. The predicted molar refractivity (Wildman–Crippen MR) is 65.4 cm³/mol. The predicted octanol–water partition coefficient (Wildman–Crippen LogP) is 2.64. The van der Waals surface area contributed by atoms with Crippen LogP contribution < -0.4 is 10.6 Å². The Bertz CT molecular complexity index is 318. The first-order chi connectivity index (χ1) is 7.55. The topological polar surface area (TPSA) is 44.5 Å². The molecule has 0 spiro atoms. The molecule has 1 rings (SSSR count). The van der Waals surface area contributed by atoms with Crippen molar-refractivity contribution in [2.75, 3.05) is 13.2 Å². The van der Waals surface area contributed by atoms with Gasteiger partial charge in [0.15, 0.2) is 0 Å². The second-order valence-corrected chi connectivity index (χ2v) is 4.82. The van der Waals surface area contributed by atoms with E-state index in [0.29, 0.717) is 13.2 Å². The van der Waals surface area contributed by atoms with E-state index in [1.165, 1.54) is 5.56 Å². The SMILES string of the molecule is CC(C)(C)c1ccccc1OCCCON. The molecule has 0 saturated carbocycles. The zero-order valence-electron chi connectivity index (χ0n) is 10.3. The van der Waals surface area contributed by atoms with Crippen LogP contribution in [0.2, 0.25) is 0 Å². The van der Waals surface area contributed by atoms with Crippen molar-refractivity contribution in [3.8, 4) is 5.75 Å². The van der Waals surface area contributed by atoms with Gasteiger partial charge in [0.25, 0.3) is 0 Å². The Morgan fingerprint density at radius 3 is 2.44 bits per heavy atom. The van der Waals surface area contributed by atoms with Crippen molar-refractivity contribution in [1.29, 1.82) is 0 Å². The molecule has 0 saturated heterocycles. The van der Waals surface area contributed by atoms with E-state index in [2.05, 4.69) is 31.7 Å². The fourth-order valence-corrected chi connectivity index (χ4v) is 1.54. The van der Waals surface area contributed by atoms with E-state index in [9.17, 15) is 0 Å². The van der Waals surface area contributed by atoms with Crippen molar-refractivity contribution >= 4 is 0 Å². The average Bonchev–Trinajstić information content (AvgIpc) is 2.24. The van der Waals surface area contributed by atoms with E-state index >= 15 is 0 Å². The van der Waals surface area contributed by atoms with Crippen molar-refractivity contribution < 1.29 is 9.57 Å². The maximum Gasteiger partial charge on any atom is 0.123 e. The third kappa shape index (κ3) is 3.83. The lowest BCUT2D eigenvalue weighted by atomic mass is 9.86. The number of benzene rings is 1. The van der Waals surface area contributed by atoms with Gasteiger partial charge in [-0.2, -0.15) is 0 Å². The maximum atomic E-state index is 5.73. The highest BCUT2D eigenvalue weighted by atomic mass is 16.6. The number of ether oxygens (including phenoxy) is 1. The van der Waals surface area contributed by atoms with E-state index in [1.807, 2.05) is 18.2 Å². The molecule has 1 aromatic rings. The van der Waals surface area contributed by atoms with Crippen LogP contribution in [0.3, 0.4) is 0 Å². The molecule has 0 atom stereocenters. The standard InChI is InChI=1S/C13H21NO2/c1-13(2,3)11-7-4-5-8-12(11)15-9-6-10-16-14/h4-5,7-8H,6,9-10,14H2,1-3H3. The molecule has 0 aliphatic rings. The smallest absolute Gasteiger partial charge is 0.123 e. The molecule has 0 radical (unpaired) electrons. The molecule has 16 heavy (non-hydrogen) atoms. The zero-order chi connectivity index (χ0) is 12.0. The molecule has 90 valence electrons. The molecule has 0 fully saturated rings. The van der Waals surface area contributed by atoms with Gasteiger partial charge in [-0.05, 0) is 17.0 Å². The Hall–Kier alpha value is -1.06. The highest BCUT2D eigenvalue weighted by Crippen LogP contribution is 2.30. The van der Waals surface area contributed by atoms with E-state index in [1.54, 1.807) is 0 Å². The van der Waals surface area contributed by atoms with Gasteiger partial charge in [-0.15, -0.1) is 0 Å². The molecule has 3 heteroatoms. The van der Waals surface area contributed by atoms with Gasteiger partial charge in [-0.3, -0.25) is 0 Å². The first kappa shape index (κ1) is 13.0. The largest absolute Gasteiger partial charge is 0.493 e. The molecule has 0 aromatic heterocycles. The summed E-state index contributed by atoms with van der Waals surface area (Å²) in [6.45, 7) is 7.69. The fraction of sp³-hybridized carbons (Fsp3) is 0.538. The number of para-hydroxylation sites is 1. The quantitative estimate of drug-likeness (QED) is 0.616. The van der Waals surface area contributed by atoms with Crippen LogP contribution in [0.1, 0.15) is 32.8 Å². The van der Waals surface area contributed by atoms with Crippen LogP contribution in [0.5, 0.6) is 5.75 Å². The molecule has 3 nitrogen and oxygen atoms in total. The van der Waals surface area contributed by atoms with E-state index < -0.39 is 0 Å². The molecule has 2 N–H and O–H groups in total. The molecule has 0 bridgehead atoms. The Morgan fingerprint density at radius 1 is 1.12 bits per heavy atom. The Kier molecular flexibility index (Phi) is 4.77. The zero-order valence-corrected chi connectivity index (χ0v) is 10.3. The third-order valence-corrected chi connectivity index (χ3v) is 2.36. The van der Waals surface area contributed by atoms with Gasteiger partial charge in [0, 0.05) is 6.42 Å². The van der Waals surface area contributed by atoms with Crippen molar-refractivity contribution in [3.05, 3.63) is 29.8 Å². The van der Waals surface area contributed by atoms with Crippen LogP contribution >= 0.6 is 0 Å². The van der Waals surface area contributed by atoms with Crippen LogP contribution in [0, 0.1) is 0 Å². The van der Waals surface area contributed by atoms with Crippen LogP contribution in [0.4, 0.5) is 0 Å². The van der Waals surface area contributed by atoms with E-state index in [-0.39, 0.29) is 5.41 Å². The lowest BCUT2D eigenvalue weighted by molar-refractivity contribution is 0.122. The van der Waals surface area contributed by atoms with E-state index in [0.717, 1.165) is 12.2 Å². The molecule has 1 aromatic carbocycles. The maximum absolute atomic E-state index is 5.73. The molecular formula is C13H21NO2. The summed E-state index contributed by atoms with van der Waals surface area (Å²) in [5, 5.41) is 0. The van der Waals surface area contributed by atoms with Crippen LogP contribution in [0.15, 0.2) is 24.3 Å². The number of rotatable bonds is 5. The molecule has 0 aliphatic heterocycles. The second kappa shape index (κ2) is 5.87. The number of nitrogens with two attached hydrogens (primary N) is 1. The van der Waals surface area contributed by atoms with Crippen molar-refractivity contribution in [2.45, 2.75) is 32.6 Å². The monoisotopic (exact) mass is 223 g/mol. The minimum atomic E-state index is 0.0982. The first-order valence-electron chi connectivity index (χ1n) is 5.59. The normalized spacial score (nSPS) is 11.5. The summed E-state index contributed by atoms with van der Waals surface area (Å²) >= 11 is 0. The number of hydrogen-bond donors (Lipinski definition) is 1. The van der Waals surface area contributed by atoms with Crippen molar-refractivity contribution in [3.63, 3.8) is 0 Å². The Morgan fingerprint density at radius 2 is 1.81 bits per heavy atom. The third-order valence-electron chi connectivity index (χ3n) is 2.36. The molecule has 0 unspecified atom stereocenters. The summed E-state index contributed by atoms with van der Waals surface area (Å²) in [5.41, 5.74) is 1.32. The molecule has 0 aliphatic carbocycles. The van der Waals surface area contributed by atoms with Gasteiger partial charge in [0.1, 0.15) is 5.75 Å². The van der Waals surface area contributed by atoms with Gasteiger partial charge < -0.3 is 9.57 Å².